The van der Waals surface area contributed by atoms with E-state index < -0.39 is 23.4 Å². The number of hydrogen-bond acceptors (Lipinski definition) is 5. The van der Waals surface area contributed by atoms with E-state index in [4.69, 9.17) is 5.11 Å². The van der Waals surface area contributed by atoms with Crippen LogP contribution in [0.15, 0.2) is 67.3 Å². The maximum Gasteiger partial charge on any atom is 0.382 e. The lowest BCUT2D eigenvalue weighted by molar-refractivity contribution is -0.130. The second-order valence-corrected chi connectivity index (χ2v) is 6.09. The van der Waals surface area contributed by atoms with Crippen LogP contribution in [0.1, 0.15) is 5.56 Å². The van der Waals surface area contributed by atoms with E-state index in [0.717, 1.165) is 18.5 Å². The molecule has 2 N–H and O–H groups in total. The zero-order valence-corrected chi connectivity index (χ0v) is 16.1. The first kappa shape index (κ1) is 22.0. The predicted molar refractivity (Wildman–Crippen MR) is 107 cm³/mol. The van der Waals surface area contributed by atoms with Crippen molar-refractivity contribution in [3.63, 3.8) is 0 Å². The Labute approximate surface area is 179 Å². The van der Waals surface area contributed by atoms with E-state index in [2.05, 4.69) is 21.0 Å². The molecule has 0 aliphatic carbocycles. The van der Waals surface area contributed by atoms with E-state index in [1.807, 2.05) is 5.92 Å². The summed E-state index contributed by atoms with van der Waals surface area (Å²) in [5, 5.41) is 21.5. The summed E-state index contributed by atoms with van der Waals surface area (Å²) >= 11 is 0. The first-order chi connectivity index (χ1) is 15.3. The standard InChI is InChI=1S/C14H9F2N3O.C8H4FNO2/c15-10-5-9(7-17-8-10)13-6-14(20)18-19(13)12-4-2-1-3-11(12)16;9-7-3-6(4-10-5-7)1-2-8(11)12/h1-8H,(H,18,20);3-5H,(H,11,12). The topological polar surface area (TPSA) is 101 Å². The van der Waals surface area contributed by atoms with Gasteiger partial charge in [-0.25, -0.2) is 22.6 Å². The zero-order valence-electron chi connectivity index (χ0n) is 16.1. The van der Waals surface area contributed by atoms with Crippen LogP contribution >= 0.6 is 0 Å². The van der Waals surface area contributed by atoms with E-state index in [9.17, 15) is 23.1 Å². The molecule has 32 heavy (non-hydrogen) atoms. The van der Waals surface area contributed by atoms with Crippen molar-refractivity contribution < 1.29 is 28.2 Å². The molecule has 0 saturated carbocycles. The van der Waals surface area contributed by atoms with Crippen molar-refractivity contribution >= 4 is 5.97 Å². The third-order valence-corrected chi connectivity index (χ3v) is 3.80. The Kier molecular flexibility index (Phi) is 6.82. The summed E-state index contributed by atoms with van der Waals surface area (Å²) in [5.41, 5.74) is 1.14. The number of benzene rings is 1. The van der Waals surface area contributed by atoms with Crippen LogP contribution in [0.3, 0.4) is 0 Å². The number of halogens is 3. The molecule has 0 aliphatic heterocycles. The molecule has 4 aromatic rings. The highest BCUT2D eigenvalue weighted by Gasteiger charge is 2.14. The molecule has 160 valence electrons. The highest BCUT2D eigenvalue weighted by atomic mass is 19.1. The van der Waals surface area contributed by atoms with Gasteiger partial charge in [0.15, 0.2) is 0 Å². The quantitative estimate of drug-likeness (QED) is 0.464. The molecular weight excluding hydrogens is 425 g/mol. The molecule has 1 aromatic carbocycles. The summed E-state index contributed by atoms with van der Waals surface area (Å²) in [7, 11) is 0. The Morgan fingerprint density at radius 3 is 2.28 bits per heavy atom. The van der Waals surface area contributed by atoms with Crippen LogP contribution in [0.25, 0.3) is 16.9 Å². The normalized spacial score (nSPS) is 9.84. The molecular formula is C22H13F3N4O3. The first-order valence-electron chi connectivity index (χ1n) is 8.84. The fourth-order valence-electron chi connectivity index (χ4n) is 2.54. The van der Waals surface area contributed by atoms with Crippen LogP contribution in [0.2, 0.25) is 0 Å². The maximum absolute atomic E-state index is 13.8. The minimum atomic E-state index is -1.25. The SMILES string of the molecule is O=C(O)C#Cc1cncc(F)c1.Oc1cc(-c2cncc(F)c2)n(-c2ccccc2F)n1. The molecule has 10 heteroatoms. The van der Waals surface area contributed by atoms with Gasteiger partial charge in [0.05, 0.1) is 18.1 Å². The number of carboxylic acid groups (broad SMARTS) is 1. The second-order valence-electron chi connectivity index (χ2n) is 6.09. The smallest absolute Gasteiger partial charge is 0.382 e. The van der Waals surface area contributed by atoms with Crippen LogP contribution in [-0.2, 0) is 4.79 Å². The second kappa shape index (κ2) is 9.90. The number of aromatic nitrogens is 4. The molecule has 0 atom stereocenters. The summed E-state index contributed by atoms with van der Waals surface area (Å²) in [5.74, 6) is 0.988. The number of hydrogen-bond donors (Lipinski definition) is 2. The molecule has 4 rings (SSSR count). The summed E-state index contributed by atoms with van der Waals surface area (Å²) in [6, 6.07) is 9.66. The van der Waals surface area contributed by atoms with Crippen molar-refractivity contribution in [3.05, 3.63) is 90.3 Å². The number of aliphatic carboxylic acids is 1. The van der Waals surface area contributed by atoms with Gasteiger partial charge in [0.1, 0.15) is 23.1 Å². The lowest BCUT2D eigenvalue weighted by Crippen LogP contribution is -2.02. The van der Waals surface area contributed by atoms with Gasteiger partial charge in [0.2, 0.25) is 5.88 Å². The number of carbonyl (C=O) groups is 1. The molecule has 0 amide bonds. The van der Waals surface area contributed by atoms with Gasteiger partial charge in [0.25, 0.3) is 0 Å². The van der Waals surface area contributed by atoms with E-state index in [-0.39, 0.29) is 17.1 Å². The van der Waals surface area contributed by atoms with Crippen LogP contribution in [0.5, 0.6) is 5.88 Å². The molecule has 3 heterocycles. The Morgan fingerprint density at radius 2 is 1.62 bits per heavy atom. The van der Waals surface area contributed by atoms with Crippen molar-refractivity contribution in [2.75, 3.05) is 0 Å². The summed E-state index contributed by atoms with van der Waals surface area (Å²) in [6.07, 6.45) is 4.79. The van der Waals surface area contributed by atoms with Crippen LogP contribution in [0.4, 0.5) is 13.2 Å². The fraction of sp³-hybridized carbons (Fsp3) is 0. The monoisotopic (exact) mass is 438 g/mol. The first-order valence-corrected chi connectivity index (χ1v) is 8.84. The van der Waals surface area contributed by atoms with Gasteiger partial charge >= 0.3 is 5.97 Å². The Balaban J connectivity index is 0.000000207. The number of carboxylic acids is 1. The minimum Gasteiger partial charge on any atom is -0.492 e. The highest BCUT2D eigenvalue weighted by molar-refractivity contribution is 5.87. The van der Waals surface area contributed by atoms with Crippen LogP contribution in [0, 0.1) is 29.3 Å². The predicted octanol–water partition coefficient (Wildman–Crippen LogP) is 3.57. The third-order valence-electron chi connectivity index (χ3n) is 3.80. The zero-order chi connectivity index (χ0) is 23.1. The highest BCUT2D eigenvalue weighted by Crippen LogP contribution is 2.27. The Bertz CT molecular complexity index is 1330. The van der Waals surface area contributed by atoms with Gasteiger partial charge in [-0.1, -0.05) is 18.1 Å². The van der Waals surface area contributed by atoms with Gasteiger partial charge in [-0.3, -0.25) is 9.97 Å². The molecule has 0 spiro atoms. The summed E-state index contributed by atoms with van der Waals surface area (Å²) in [6.45, 7) is 0. The van der Waals surface area contributed by atoms with E-state index in [0.29, 0.717) is 11.3 Å². The average Bonchev–Trinajstić information content (AvgIpc) is 3.15. The minimum absolute atomic E-state index is 0.159. The Morgan fingerprint density at radius 1 is 0.938 bits per heavy atom. The summed E-state index contributed by atoms with van der Waals surface area (Å²) in [4.78, 5) is 17.2. The molecule has 3 aromatic heterocycles. The maximum atomic E-state index is 13.8. The molecule has 0 fully saturated rings. The number of pyridine rings is 2. The largest absolute Gasteiger partial charge is 0.492 e. The van der Waals surface area contributed by atoms with Crippen molar-refractivity contribution in [2.24, 2.45) is 0 Å². The van der Waals surface area contributed by atoms with Crippen LogP contribution < -0.4 is 0 Å². The van der Waals surface area contributed by atoms with Crippen molar-refractivity contribution in [3.8, 4) is 34.7 Å². The Hall–Kier alpha value is -4.65. The van der Waals surface area contributed by atoms with Crippen molar-refractivity contribution in [2.45, 2.75) is 0 Å². The fourth-order valence-corrected chi connectivity index (χ4v) is 2.54. The van der Waals surface area contributed by atoms with Crippen LogP contribution in [-0.4, -0.2) is 35.9 Å². The number of rotatable bonds is 2. The molecule has 0 saturated heterocycles. The van der Waals surface area contributed by atoms with Gasteiger partial charge in [-0.05, 0) is 24.3 Å². The van der Waals surface area contributed by atoms with Gasteiger partial charge < -0.3 is 10.2 Å². The lowest BCUT2D eigenvalue weighted by atomic mass is 10.2. The third kappa shape index (κ3) is 5.70. The van der Waals surface area contributed by atoms with Gasteiger partial charge in [0, 0.05) is 35.5 Å². The molecule has 0 aliphatic rings. The van der Waals surface area contributed by atoms with E-state index in [1.165, 1.54) is 41.3 Å². The summed E-state index contributed by atoms with van der Waals surface area (Å²) < 4.78 is 40.7. The van der Waals surface area contributed by atoms with Crippen molar-refractivity contribution in [1.29, 1.82) is 0 Å². The van der Waals surface area contributed by atoms with Crippen molar-refractivity contribution in [1.82, 2.24) is 19.7 Å². The number of aromatic hydroxyl groups is 1. The average molecular weight is 438 g/mol. The molecule has 0 radical (unpaired) electrons. The lowest BCUT2D eigenvalue weighted by Gasteiger charge is -2.07. The number of para-hydroxylation sites is 1. The number of nitrogens with zero attached hydrogens (tertiary/aromatic N) is 4. The van der Waals surface area contributed by atoms with Gasteiger partial charge in [-0.15, -0.1) is 5.10 Å². The molecule has 0 unspecified atom stereocenters. The van der Waals surface area contributed by atoms with E-state index >= 15 is 0 Å². The molecule has 0 bridgehead atoms. The van der Waals surface area contributed by atoms with Gasteiger partial charge in [-0.2, -0.15) is 0 Å². The molecule has 7 nitrogen and oxygen atoms in total. The van der Waals surface area contributed by atoms with E-state index in [1.54, 1.807) is 12.1 Å².